The maximum atomic E-state index is 13.1. The van der Waals surface area contributed by atoms with Gasteiger partial charge in [0.25, 0.3) is 0 Å². The van der Waals surface area contributed by atoms with E-state index in [0.29, 0.717) is 6.54 Å². The number of nitrogens with zero attached hydrogens (tertiary/aromatic N) is 2. The van der Waals surface area contributed by atoms with Gasteiger partial charge in [-0.1, -0.05) is 12.1 Å². The maximum absolute atomic E-state index is 13.1. The molecule has 0 fully saturated rings. The molecule has 0 aliphatic heterocycles. The first-order valence-corrected chi connectivity index (χ1v) is 6.28. The highest BCUT2D eigenvalue weighted by atomic mass is 19.1. The van der Waals surface area contributed by atoms with E-state index in [2.05, 4.69) is 10.3 Å². The summed E-state index contributed by atoms with van der Waals surface area (Å²) in [6.07, 6.45) is 4.53. The van der Waals surface area contributed by atoms with E-state index in [1.165, 1.54) is 12.1 Å². The summed E-state index contributed by atoms with van der Waals surface area (Å²) in [7, 11) is 1.69. The molecule has 2 rings (SSSR count). The average Bonchev–Trinajstić information content (AvgIpc) is 2.82. The molecule has 4 nitrogen and oxygen atoms in total. The average molecular weight is 263 g/mol. The van der Waals surface area contributed by atoms with Crippen molar-refractivity contribution in [1.82, 2.24) is 9.55 Å². The standard InChI is InChI=1S/C14H18FN3O/c1-19-9-3-6-16-14-17-7-8-18(14)11-12-4-2-5-13(15)10-12/h2,4-5,7-8,10H,3,6,9,11H2,1H3,(H,16,17). The van der Waals surface area contributed by atoms with Gasteiger partial charge >= 0.3 is 0 Å². The molecule has 5 heteroatoms. The number of hydrogen-bond acceptors (Lipinski definition) is 3. The Balaban J connectivity index is 1.95. The second-order valence-corrected chi connectivity index (χ2v) is 4.28. The molecule has 0 atom stereocenters. The zero-order chi connectivity index (χ0) is 13.5. The van der Waals surface area contributed by atoms with Crippen molar-refractivity contribution in [3.8, 4) is 0 Å². The van der Waals surface area contributed by atoms with Crippen LogP contribution in [0, 0.1) is 5.82 Å². The maximum Gasteiger partial charge on any atom is 0.203 e. The number of aromatic nitrogens is 2. The smallest absolute Gasteiger partial charge is 0.203 e. The van der Waals surface area contributed by atoms with Gasteiger partial charge in [-0.05, 0) is 24.1 Å². The number of imidazole rings is 1. The fourth-order valence-corrected chi connectivity index (χ4v) is 1.85. The fourth-order valence-electron chi connectivity index (χ4n) is 1.85. The number of halogens is 1. The highest BCUT2D eigenvalue weighted by molar-refractivity contribution is 5.28. The first-order chi connectivity index (χ1) is 9.29. The van der Waals surface area contributed by atoms with Crippen LogP contribution >= 0.6 is 0 Å². The lowest BCUT2D eigenvalue weighted by atomic mass is 10.2. The van der Waals surface area contributed by atoms with Crippen LogP contribution in [0.3, 0.4) is 0 Å². The Hall–Kier alpha value is -1.88. The Kier molecular flexibility index (Phi) is 4.92. The van der Waals surface area contributed by atoms with Crippen LogP contribution < -0.4 is 5.32 Å². The van der Waals surface area contributed by atoms with Crippen LogP contribution in [0.2, 0.25) is 0 Å². The van der Waals surface area contributed by atoms with Crippen molar-refractivity contribution in [2.45, 2.75) is 13.0 Å². The largest absolute Gasteiger partial charge is 0.385 e. The van der Waals surface area contributed by atoms with Gasteiger partial charge in [0, 0.05) is 32.7 Å². The van der Waals surface area contributed by atoms with Crippen molar-refractivity contribution >= 4 is 5.95 Å². The van der Waals surface area contributed by atoms with Crippen LogP contribution in [0.25, 0.3) is 0 Å². The van der Waals surface area contributed by atoms with E-state index >= 15 is 0 Å². The van der Waals surface area contributed by atoms with Crippen molar-refractivity contribution in [1.29, 1.82) is 0 Å². The molecule has 0 saturated heterocycles. The molecule has 0 unspecified atom stereocenters. The zero-order valence-electron chi connectivity index (χ0n) is 11.0. The van der Waals surface area contributed by atoms with Crippen LogP contribution in [-0.4, -0.2) is 29.8 Å². The minimum absolute atomic E-state index is 0.216. The molecule has 0 aliphatic rings. The van der Waals surface area contributed by atoms with Crippen molar-refractivity contribution in [2.24, 2.45) is 0 Å². The predicted octanol–water partition coefficient (Wildman–Crippen LogP) is 2.52. The molecule has 1 N–H and O–H groups in total. The minimum atomic E-state index is -0.216. The third kappa shape index (κ3) is 4.06. The molecular formula is C14H18FN3O. The molecule has 0 radical (unpaired) electrons. The van der Waals surface area contributed by atoms with Gasteiger partial charge in [0.2, 0.25) is 5.95 Å². The lowest BCUT2D eigenvalue weighted by Gasteiger charge is -2.09. The molecule has 0 bridgehead atoms. The number of hydrogen-bond donors (Lipinski definition) is 1. The van der Waals surface area contributed by atoms with E-state index in [0.717, 1.165) is 31.1 Å². The summed E-state index contributed by atoms with van der Waals surface area (Å²) in [5.74, 6) is 0.576. The topological polar surface area (TPSA) is 39.1 Å². The SMILES string of the molecule is COCCCNc1nccn1Cc1cccc(F)c1. The number of nitrogens with one attached hydrogen (secondary N) is 1. The van der Waals surface area contributed by atoms with E-state index < -0.39 is 0 Å². The number of ether oxygens (including phenoxy) is 1. The Labute approximate surface area is 112 Å². The first kappa shape index (κ1) is 13.5. The minimum Gasteiger partial charge on any atom is -0.385 e. The number of methoxy groups -OCH3 is 1. The summed E-state index contributed by atoms with van der Waals surface area (Å²) in [6.45, 7) is 2.12. The Bertz CT molecular complexity index is 513. The lowest BCUT2D eigenvalue weighted by Crippen LogP contribution is -2.10. The Morgan fingerprint density at radius 2 is 2.32 bits per heavy atom. The number of benzene rings is 1. The van der Waals surface area contributed by atoms with E-state index in [9.17, 15) is 4.39 Å². The molecule has 0 amide bonds. The van der Waals surface area contributed by atoms with Crippen molar-refractivity contribution in [3.63, 3.8) is 0 Å². The molecular weight excluding hydrogens is 245 g/mol. The van der Waals surface area contributed by atoms with Crippen molar-refractivity contribution in [3.05, 3.63) is 48.0 Å². The summed E-state index contributed by atoms with van der Waals surface area (Å²) in [4.78, 5) is 4.25. The van der Waals surface area contributed by atoms with Crippen LogP contribution in [0.5, 0.6) is 0 Å². The lowest BCUT2D eigenvalue weighted by molar-refractivity contribution is 0.197. The third-order valence-corrected chi connectivity index (χ3v) is 2.77. The molecule has 0 saturated carbocycles. The van der Waals surface area contributed by atoms with Crippen LogP contribution in [0.15, 0.2) is 36.7 Å². The molecule has 102 valence electrons. The van der Waals surface area contributed by atoms with Gasteiger partial charge in [-0.3, -0.25) is 0 Å². The van der Waals surface area contributed by atoms with Crippen LogP contribution in [0.1, 0.15) is 12.0 Å². The summed E-state index contributed by atoms with van der Waals surface area (Å²) in [5.41, 5.74) is 0.915. The van der Waals surface area contributed by atoms with Gasteiger partial charge < -0.3 is 14.6 Å². The van der Waals surface area contributed by atoms with Crippen molar-refractivity contribution in [2.75, 3.05) is 25.6 Å². The van der Waals surface area contributed by atoms with Gasteiger partial charge in [-0.2, -0.15) is 0 Å². The zero-order valence-corrected chi connectivity index (χ0v) is 11.0. The molecule has 1 aromatic carbocycles. The first-order valence-electron chi connectivity index (χ1n) is 6.28. The Morgan fingerprint density at radius 3 is 3.11 bits per heavy atom. The molecule has 1 heterocycles. The van der Waals surface area contributed by atoms with E-state index in [1.54, 1.807) is 19.4 Å². The predicted molar refractivity (Wildman–Crippen MR) is 72.7 cm³/mol. The third-order valence-electron chi connectivity index (χ3n) is 2.77. The van der Waals surface area contributed by atoms with Gasteiger partial charge in [0.05, 0.1) is 6.54 Å². The highest BCUT2D eigenvalue weighted by Gasteiger charge is 2.03. The Morgan fingerprint density at radius 1 is 1.42 bits per heavy atom. The summed E-state index contributed by atoms with van der Waals surface area (Å²) in [5, 5.41) is 3.24. The van der Waals surface area contributed by atoms with E-state index in [1.807, 2.05) is 16.8 Å². The quantitative estimate of drug-likeness (QED) is 0.780. The van der Waals surface area contributed by atoms with E-state index in [4.69, 9.17) is 4.74 Å². The fraction of sp³-hybridized carbons (Fsp3) is 0.357. The van der Waals surface area contributed by atoms with Crippen LogP contribution in [-0.2, 0) is 11.3 Å². The number of rotatable bonds is 7. The molecule has 2 aromatic rings. The normalized spacial score (nSPS) is 10.6. The molecule has 1 aromatic heterocycles. The number of anilines is 1. The van der Waals surface area contributed by atoms with Gasteiger partial charge in [0.1, 0.15) is 5.82 Å². The second kappa shape index (κ2) is 6.89. The summed E-state index contributed by atoms with van der Waals surface area (Å²) >= 11 is 0. The van der Waals surface area contributed by atoms with E-state index in [-0.39, 0.29) is 5.82 Å². The highest BCUT2D eigenvalue weighted by Crippen LogP contribution is 2.10. The summed E-state index contributed by atoms with van der Waals surface area (Å²) < 4.78 is 20.1. The van der Waals surface area contributed by atoms with Crippen LogP contribution in [0.4, 0.5) is 10.3 Å². The molecule has 0 aliphatic carbocycles. The monoisotopic (exact) mass is 263 g/mol. The van der Waals surface area contributed by atoms with Gasteiger partial charge in [0.15, 0.2) is 0 Å². The molecule has 0 spiro atoms. The van der Waals surface area contributed by atoms with Gasteiger partial charge in [-0.15, -0.1) is 0 Å². The van der Waals surface area contributed by atoms with Crippen molar-refractivity contribution < 1.29 is 9.13 Å². The second-order valence-electron chi connectivity index (χ2n) is 4.28. The summed E-state index contributed by atoms with van der Waals surface area (Å²) in [6, 6.07) is 6.60. The van der Waals surface area contributed by atoms with Gasteiger partial charge in [-0.25, -0.2) is 9.37 Å². The molecule has 19 heavy (non-hydrogen) atoms.